The molecule has 0 radical (unpaired) electrons. The number of nitrogens with zero attached hydrogens (tertiary/aromatic N) is 1. The van der Waals surface area contributed by atoms with Gasteiger partial charge >= 0.3 is 11.7 Å². The average molecular weight is 412 g/mol. The highest BCUT2D eigenvalue weighted by Crippen LogP contribution is 2.18. The minimum atomic E-state index is -0.575. The van der Waals surface area contributed by atoms with E-state index in [-0.39, 0.29) is 19.6 Å². The minimum Gasteiger partial charge on any atom is -0.491 e. The number of carbonyl (C=O) groups is 2. The van der Waals surface area contributed by atoms with Crippen molar-refractivity contribution in [2.45, 2.75) is 26.8 Å². The van der Waals surface area contributed by atoms with Crippen LogP contribution in [0.2, 0.25) is 0 Å². The molecule has 8 heteroatoms. The summed E-state index contributed by atoms with van der Waals surface area (Å²) in [7, 11) is 0. The summed E-state index contributed by atoms with van der Waals surface area (Å²) < 4.78 is 17.1. The Morgan fingerprint density at radius 3 is 2.73 bits per heavy atom. The van der Waals surface area contributed by atoms with Crippen LogP contribution in [0.15, 0.2) is 51.7 Å². The lowest BCUT2D eigenvalue weighted by Crippen LogP contribution is -2.32. The van der Waals surface area contributed by atoms with Crippen LogP contribution in [0.25, 0.3) is 11.1 Å². The zero-order valence-electron chi connectivity index (χ0n) is 17.0. The van der Waals surface area contributed by atoms with Gasteiger partial charge in [0.15, 0.2) is 12.2 Å². The number of nitrogens with one attached hydrogen (secondary N) is 1. The minimum absolute atomic E-state index is 0.0491. The highest BCUT2D eigenvalue weighted by atomic mass is 16.5. The van der Waals surface area contributed by atoms with E-state index in [9.17, 15) is 14.4 Å². The highest BCUT2D eigenvalue weighted by molar-refractivity contribution is 5.80. The summed E-state index contributed by atoms with van der Waals surface area (Å²) >= 11 is 0. The van der Waals surface area contributed by atoms with Gasteiger partial charge in [0.2, 0.25) is 0 Å². The van der Waals surface area contributed by atoms with Crippen molar-refractivity contribution in [2.75, 3.05) is 19.8 Å². The van der Waals surface area contributed by atoms with Crippen LogP contribution in [0.5, 0.6) is 5.75 Å². The largest absolute Gasteiger partial charge is 0.491 e. The monoisotopic (exact) mass is 412 g/mol. The Labute approximate surface area is 173 Å². The molecule has 0 aliphatic carbocycles. The summed E-state index contributed by atoms with van der Waals surface area (Å²) in [6.45, 7) is 4.29. The lowest BCUT2D eigenvalue weighted by Gasteiger charge is -2.10. The summed E-state index contributed by atoms with van der Waals surface area (Å²) in [6.07, 6.45) is -0.0491. The van der Waals surface area contributed by atoms with Gasteiger partial charge in [-0.3, -0.25) is 14.2 Å². The summed E-state index contributed by atoms with van der Waals surface area (Å²) in [5, 5.41) is 2.63. The van der Waals surface area contributed by atoms with Crippen LogP contribution in [0.1, 0.15) is 17.5 Å². The molecule has 0 aliphatic rings. The van der Waals surface area contributed by atoms with Gasteiger partial charge in [0.1, 0.15) is 12.4 Å². The Kier molecular flexibility index (Phi) is 6.90. The van der Waals surface area contributed by atoms with Crippen molar-refractivity contribution >= 4 is 23.0 Å². The number of hydrogen-bond acceptors (Lipinski definition) is 6. The lowest BCUT2D eigenvalue weighted by molar-refractivity contribution is -0.148. The number of carbonyl (C=O) groups excluding carboxylic acids is 2. The van der Waals surface area contributed by atoms with Crippen molar-refractivity contribution in [3.05, 3.63) is 64.1 Å². The molecule has 3 rings (SSSR count). The first-order valence-electron chi connectivity index (χ1n) is 9.65. The maximum Gasteiger partial charge on any atom is 0.419 e. The van der Waals surface area contributed by atoms with Crippen LogP contribution in [-0.2, 0) is 20.9 Å². The molecule has 8 nitrogen and oxygen atoms in total. The molecule has 158 valence electrons. The molecular formula is C22H24N2O6. The molecule has 0 fully saturated rings. The van der Waals surface area contributed by atoms with Crippen LogP contribution >= 0.6 is 0 Å². The van der Waals surface area contributed by atoms with E-state index >= 15 is 0 Å². The van der Waals surface area contributed by atoms with E-state index in [1.807, 2.05) is 32.0 Å². The van der Waals surface area contributed by atoms with Crippen molar-refractivity contribution in [3.63, 3.8) is 0 Å². The van der Waals surface area contributed by atoms with Crippen molar-refractivity contribution in [2.24, 2.45) is 0 Å². The molecule has 0 saturated carbocycles. The van der Waals surface area contributed by atoms with Crippen molar-refractivity contribution in [1.82, 2.24) is 9.88 Å². The van der Waals surface area contributed by atoms with E-state index in [1.54, 1.807) is 24.3 Å². The number of aryl methyl sites for hydroxylation is 3. The molecule has 0 bridgehead atoms. The Hall–Kier alpha value is -3.55. The molecular weight excluding hydrogens is 388 g/mol. The van der Waals surface area contributed by atoms with Crippen molar-refractivity contribution < 1.29 is 23.5 Å². The molecule has 0 atom stereocenters. The van der Waals surface area contributed by atoms with Crippen LogP contribution in [-0.4, -0.2) is 36.2 Å². The Balaban J connectivity index is 1.35. The van der Waals surface area contributed by atoms with E-state index < -0.39 is 17.6 Å². The van der Waals surface area contributed by atoms with Gasteiger partial charge < -0.3 is 19.2 Å². The van der Waals surface area contributed by atoms with Gasteiger partial charge in [-0.1, -0.05) is 29.8 Å². The first kappa shape index (κ1) is 21.2. The Morgan fingerprint density at radius 2 is 1.93 bits per heavy atom. The Morgan fingerprint density at radius 1 is 1.13 bits per heavy atom. The van der Waals surface area contributed by atoms with Gasteiger partial charge in [-0.2, -0.15) is 0 Å². The predicted molar refractivity (Wildman–Crippen MR) is 110 cm³/mol. The number of amides is 1. The second-order valence-electron chi connectivity index (χ2n) is 6.87. The van der Waals surface area contributed by atoms with Gasteiger partial charge in [-0.15, -0.1) is 0 Å². The molecule has 3 aromatic rings. The first-order chi connectivity index (χ1) is 14.4. The van der Waals surface area contributed by atoms with Gasteiger partial charge in [0, 0.05) is 6.54 Å². The number of rotatable bonds is 9. The standard InChI is InChI=1S/C22H24N2O6/c1-15-7-8-18(16(2)13-15)28-12-10-23-20(25)14-29-21(26)9-11-24-17-5-3-4-6-19(17)30-22(24)27/h3-8,13H,9-12,14H2,1-2H3,(H,23,25). The molecule has 1 heterocycles. The molecule has 0 saturated heterocycles. The van der Waals surface area contributed by atoms with Crippen LogP contribution in [0, 0.1) is 13.8 Å². The highest BCUT2D eigenvalue weighted by Gasteiger charge is 2.12. The number of esters is 1. The zero-order valence-corrected chi connectivity index (χ0v) is 17.0. The van der Waals surface area contributed by atoms with E-state index in [0.717, 1.165) is 16.9 Å². The number of benzene rings is 2. The predicted octanol–water partition coefficient (Wildman–Crippen LogP) is 2.34. The van der Waals surface area contributed by atoms with Crippen molar-refractivity contribution in [3.8, 4) is 5.75 Å². The van der Waals surface area contributed by atoms with Crippen LogP contribution in [0.3, 0.4) is 0 Å². The van der Waals surface area contributed by atoms with Crippen molar-refractivity contribution in [1.29, 1.82) is 0 Å². The number of oxazole rings is 1. The van der Waals surface area contributed by atoms with Crippen LogP contribution in [0.4, 0.5) is 0 Å². The first-order valence-corrected chi connectivity index (χ1v) is 9.65. The number of hydrogen-bond donors (Lipinski definition) is 1. The summed E-state index contributed by atoms with van der Waals surface area (Å²) in [4.78, 5) is 35.6. The van der Waals surface area contributed by atoms with E-state index in [0.29, 0.717) is 24.3 Å². The summed E-state index contributed by atoms with van der Waals surface area (Å²) in [6, 6.07) is 12.8. The van der Waals surface area contributed by atoms with E-state index in [2.05, 4.69) is 5.32 Å². The molecule has 1 aromatic heterocycles. The third kappa shape index (κ3) is 5.50. The van der Waals surface area contributed by atoms with Gasteiger partial charge in [-0.25, -0.2) is 4.79 Å². The average Bonchev–Trinajstić information content (AvgIpc) is 3.04. The smallest absolute Gasteiger partial charge is 0.419 e. The number of ether oxygens (including phenoxy) is 2. The molecule has 30 heavy (non-hydrogen) atoms. The lowest BCUT2D eigenvalue weighted by atomic mass is 10.1. The normalized spacial score (nSPS) is 10.7. The molecule has 1 amide bonds. The number of para-hydroxylation sites is 2. The molecule has 2 aromatic carbocycles. The third-order valence-corrected chi connectivity index (χ3v) is 4.49. The second kappa shape index (κ2) is 9.78. The quantitative estimate of drug-likeness (QED) is 0.428. The summed E-state index contributed by atoms with van der Waals surface area (Å²) in [5.41, 5.74) is 3.25. The van der Waals surface area contributed by atoms with Crippen LogP contribution < -0.4 is 15.8 Å². The number of fused-ring (bicyclic) bond motifs is 1. The third-order valence-electron chi connectivity index (χ3n) is 4.49. The SMILES string of the molecule is Cc1ccc(OCCNC(=O)COC(=O)CCn2c(=O)oc3ccccc32)c(C)c1. The maximum absolute atomic E-state index is 11.9. The molecule has 0 aliphatic heterocycles. The van der Waals surface area contributed by atoms with Gasteiger partial charge in [-0.05, 0) is 37.6 Å². The second-order valence-corrected chi connectivity index (χ2v) is 6.87. The fraction of sp³-hybridized carbons (Fsp3) is 0.318. The van der Waals surface area contributed by atoms with Gasteiger partial charge in [0.25, 0.3) is 5.91 Å². The molecule has 0 unspecified atom stereocenters. The fourth-order valence-corrected chi connectivity index (χ4v) is 3.01. The Bertz CT molecular complexity index is 1100. The van der Waals surface area contributed by atoms with Gasteiger partial charge in [0.05, 0.1) is 18.5 Å². The maximum atomic E-state index is 11.9. The topological polar surface area (TPSA) is 99.8 Å². The zero-order chi connectivity index (χ0) is 21.5. The van der Waals surface area contributed by atoms with E-state index in [4.69, 9.17) is 13.9 Å². The van der Waals surface area contributed by atoms with E-state index in [1.165, 1.54) is 4.57 Å². The molecule has 1 N–H and O–H groups in total. The molecule has 0 spiro atoms. The summed E-state index contributed by atoms with van der Waals surface area (Å²) in [5.74, 6) is -0.763. The number of aromatic nitrogens is 1. The fourth-order valence-electron chi connectivity index (χ4n) is 3.01.